The number of rotatable bonds is 13. The molecule has 3 fully saturated rings. The number of imide groups is 1. The molecule has 1 unspecified atom stereocenters. The maximum atomic E-state index is 15.6. The molecule has 0 spiro atoms. The lowest BCUT2D eigenvalue weighted by Gasteiger charge is -2.23. The van der Waals surface area contributed by atoms with E-state index in [2.05, 4.69) is 52.8 Å². The Morgan fingerprint density at radius 3 is 2.52 bits per heavy atom. The quantitative estimate of drug-likeness (QED) is 0.0723. The lowest BCUT2D eigenvalue weighted by atomic mass is 9.83. The number of piperidine rings is 1. The molecule has 0 radical (unpaired) electrons. The van der Waals surface area contributed by atoms with Crippen molar-refractivity contribution in [2.75, 3.05) is 19.6 Å². The largest absolute Gasteiger partial charge is 0.348 e. The summed E-state index contributed by atoms with van der Waals surface area (Å²) in [6, 6.07) is 2.82. The van der Waals surface area contributed by atoms with Crippen LogP contribution in [0.25, 0.3) is 5.57 Å². The Balaban J connectivity index is 1.03. The van der Waals surface area contributed by atoms with Crippen molar-refractivity contribution in [3.05, 3.63) is 88.9 Å². The first-order valence-corrected chi connectivity index (χ1v) is 19.6. The normalized spacial score (nSPS) is 25.4. The molecule has 1 aromatic carbocycles. The monoisotopic (exact) mass is 736 g/mol. The van der Waals surface area contributed by atoms with Crippen molar-refractivity contribution in [1.82, 2.24) is 15.5 Å². The number of allylic oxidation sites excluding steroid dienone is 3. The predicted molar refractivity (Wildman–Crippen MR) is 208 cm³/mol. The minimum Gasteiger partial charge on any atom is -0.348 e. The van der Waals surface area contributed by atoms with Crippen molar-refractivity contribution in [2.24, 2.45) is 28.7 Å². The zero-order valence-corrected chi connectivity index (χ0v) is 31.7. The van der Waals surface area contributed by atoms with Gasteiger partial charge in [-0.3, -0.25) is 34.3 Å². The smallest absolute Gasteiger partial charge is 0.270 e. The van der Waals surface area contributed by atoms with E-state index < -0.39 is 35.1 Å². The van der Waals surface area contributed by atoms with E-state index in [0.717, 1.165) is 88.2 Å². The first-order valence-electron chi connectivity index (χ1n) is 19.6. The molecule has 0 bridgehead atoms. The third kappa shape index (κ3) is 9.20. The highest BCUT2D eigenvalue weighted by molar-refractivity contribution is 6.43. The third-order valence-electron chi connectivity index (χ3n) is 12.0. The van der Waals surface area contributed by atoms with Gasteiger partial charge in [-0.2, -0.15) is 0 Å². The number of halogens is 1. The van der Waals surface area contributed by atoms with Gasteiger partial charge in [0.2, 0.25) is 11.8 Å². The minimum absolute atomic E-state index is 0.00860. The molecule has 2 heterocycles. The number of nitrogens with one attached hydrogen (secondary N) is 2. The molecule has 1 saturated heterocycles. The van der Waals surface area contributed by atoms with Crippen LogP contribution in [-0.4, -0.2) is 65.6 Å². The van der Waals surface area contributed by atoms with E-state index in [9.17, 15) is 24.0 Å². The Kier molecular flexibility index (Phi) is 12.5. The molecular weight excluding hydrogens is 684 g/mol. The number of fused-ring (bicyclic) bond motifs is 1. The van der Waals surface area contributed by atoms with Gasteiger partial charge in [0, 0.05) is 60.6 Å². The molecular formula is C44H53FN4O5. The van der Waals surface area contributed by atoms with Gasteiger partial charge < -0.3 is 10.2 Å². The van der Waals surface area contributed by atoms with Gasteiger partial charge >= 0.3 is 0 Å². The van der Waals surface area contributed by atoms with Gasteiger partial charge in [-0.15, -0.1) is 0 Å². The van der Waals surface area contributed by atoms with Crippen molar-refractivity contribution >= 4 is 40.6 Å². The standard InChI is InChI=1S/C44H53FN4O5/c1-5-40(44(54)47-31-11-7-6-8-12-31)46-24-26(2)20-29-10-9-18-49(19-17-29)25-38-33-14-13-30(21-36(33)38)35-22-37(34(28(4)50)23-39(35)45)42(52)27(3)32-15-16-41(51)48-43(32)53/h5,10,13,22-24,31-33,36,38H,1,3,6-9,11-12,14-21,25H2,2,4H3,(H,47,54)(H,48,51,53)/b26-24+,46-40?/t32?,33-,36+,38+/m0/s1. The average Bonchev–Trinajstić information content (AvgIpc) is 3.89. The predicted octanol–water partition coefficient (Wildman–Crippen LogP) is 7.25. The van der Waals surface area contributed by atoms with E-state index in [1.165, 1.54) is 31.1 Å². The van der Waals surface area contributed by atoms with Gasteiger partial charge in [0.1, 0.15) is 11.5 Å². The van der Waals surface area contributed by atoms with Gasteiger partial charge in [-0.1, -0.05) is 55.7 Å². The second-order valence-electron chi connectivity index (χ2n) is 15.8. The van der Waals surface area contributed by atoms with Gasteiger partial charge in [0.15, 0.2) is 11.6 Å². The minimum atomic E-state index is -0.883. The van der Waals surface area contributed by atoms with E-state index in [1.807, 2.05) is 0 Å². The highest BCUT2D eigenvalue weighted by Gasteiger charge is 2.51. The van der Waals surface area contributed by atoms with E-state index in [0.29, 0.717) is 35.4 Å². The molecule has 6 rings (SSSR count). The topological polar surface area (TPSA) is 125 Å². The van der Waals surface area contributed by atoms with Crippen LogP contribution in [0.15, 0.2) is 71.4 Å². The van der Waals surface area contributed by atoms with E-state index in [-0.39, 0.29) is 41.5 Å². The summed E-state index contributed by atoms with van der Waals surface area (Å²) in [5.74, 6) is -2.15. The van der Waals surface area contributed by atoms with Crippen LogP contribution in [0.3, 0.4) is 0 Å². The highest BCUT2D eigenvalue weighted by atomic mass is 19.1. The first-order chi connectivity index (χ1) is 25.9. The second kappa shape index (κ2) is 17.3. The molecule has 54 heavy (non-hydrogen) atoms. The average molecular weight is 737 g/mol. The lowest BCUT2D eigenvalue weighted by Crippen LogP contribution is -2.42. The van der Waals surface area contributed by atoms with Crippen LogP contribution in [0.1, 0.15) is 117 Å². The maximum absolute atomic E-state index is 15.6. The zero-order valence-electron chi connectivity index (χ0n) is 31.7. The van der Waals surface area contributed by atoms with Crippen molar-refractivity contribution in [3.63, 3.8) is 0 Å². The number of hydrogen-bond acceptors (Lipinski definition) is 7. The first kappa shape index (κ1) is 39.1. The number of carbonyl (C=O) groups is 5. The molecule has 2 saturated carbocycles. The summed E-state index contributed by atoms with van der Waals surface area (Å²) in [6.07, 6.45) is 17.8. The van der Waals surface area contributed by atoms with Gasteiger partial charge in [0.25, 0.3) is 5.91 Å². The molecule has 286 valence electrons. The number of nitrogens with zero attached hydrogens (tertiary/aromatic N) is 2. The van der Waals surface area contributed by atoms with Crippen LogP contribution >= 0.6 is 0 Å². The Bertz CT molecular complexity index is 1860. The van der Waals surface area contributed by atoms with E-state index >= 15 is 4.39 Å². The van der Waals surface area contributed by atoms with Crippen molar-refractivity contribution in [1.29, 1.82) is 0 Å². The molecule has 2 N–H and O–H groups in total. The second-order valence-corrected chi connectivity index (χ2v) is 15.8. The maximum Gasteiger partial charge on any atom is 0.270 e. The molecule has 2 aliphatic heterocycles. The van der Waals surface area contributed by atoms with Crippen molar-refractivity contribution in [2.45, 2.75) is 96.9 Å². The molecule has 10 heteroatoms. The van der Waals surface area contributed by atoms with Crippen LogP contribution in [-0.2, 0) is 14.4 Å². The van der Waals surface area contributed by atoms with Crippen LogP contribution in [0.2, 0.25) is 0 Å². The van der Waals surface area contributed by atoms with Gasteiger partial charge in [0.05, 0.1) is 5.92 Å². The fraction of sp³-hybridized carbons (Fsp3) is 0.500. The number of Topliss-reactive ketones (excluding diaryl/α,β-unsaturated/α-hetero) is 2. The molecule has 0 aromatic heterocycles. The van der Waals surface area contributed by atoms with Crippen LogP contribution in [0, 0.1) is 29.5 Å². The summed E-state index contributed by atoms with van der Waals surface area (Å²) in [5.41, 5.74) is 3.96. The van der Waals surface area contributed by atoms with Crippen LogP contribution < -0.4 is 10.6 Å². The fourth-order valence-electron chi connectivity index (χ4n) is 8.84. The van der Waals surface area contributed by atoms with Gasteiger partial charge in [-0.05, 0) is 107 Å². The summed E-state index contributed by atoms with van der Waals surface area (Å²) in [4.78, 5) is 70.1. The summed E-state index contributed by atoms with van der Waals surface area (Å²) in [6.45, 7) is 13.9. The number of ketones is 2. The Morgan fingerprint density at radius 1 is 1.02 bits per heavy atom. The number of benzene rings is 1. The van der Waals surface area contributed by atoms with Crippen molar-refractivity contribution < 1.29 is 28.4 Å². The number of amides is 3. The molecule has 3 aliphatic carbocycles. The number of hydrogen-bond donors (Lipinski definition) is 2. The summed E-state index contributed by atoms with van der Waals surface area (Å²) in [7, 11) is 0. The van der Waals surface area contributed by atoms with Gasteiger partial charge in [-0.25, -0.2) is 4.39 Å². The molecule has 3 amide bonds. The molecule has 9 nitrogen and oxygen atoms in total. The molecule has 5 aliphatic rings. The zero-order chi connectivity index (χ0) is 38.5. The summed E-state index contributed by atoms with van der Waals surface area (Å²) >= 11 is 0. The summed E-state index contributed by atoms with van der Waals surface area (Å²) < 4.78 is 15.6. The van der Waals surface area contributed by atoms with Crippen molar-refractivity contribution in [3.8, 4) is 0 Å². The van der Waals surface area contributed by atoms with Crippen LogP contribution in [0.5, 0.6) is 0 Å². The fourth-order valence-corrected chi connectivity index (χ4v) is 8.84. The summed E-state index contributed by atoms with van der Waals surface area (Å²) in [5, 5.41) is 5.37. The molecule has 4 atom stereocenters. The Morgan fingerprint density at radius 2 is 1.80 bits per heavy atom. The van der Waals surface area contributed by atoms with E-state index in [4.69, 9.17) is 0 Å². The SMILES string of the molecule is C=CC(=N/C=C(\C)CC1=CCCN(C[C@@H]2[C@H]3CC=C(c4cc(C(=O)C(=C)C5CCC(=O)NC5=O)c(C(C)=O)cc4F)C[C@H]32)CC1)C(=O)NC1CCCCC1. The Hall–Kier alpha value is -4.57. The molecule has 1 aromatic rings. The van der Waals surface area contributed by atoms with Crippen LogP contribution in [0.4, 0.5) is 4.39 Å². The Labute approximate surface area is 318 Å². The highest BCUT2D eigenvalue weighted by Crippen LogP contribution is 2.57. The third-order valence-corrected chi connectivity index (χ3v) is 12.0. The van der Waals surface area contributed by atoms with E-state index in [1.54, 1.807) is 6.20 Å². The number of aliphatic imine (C=N–C) groups is 1. The lowest BCUT2D eigenvalue weighted by molar-refractivity contribution is -0.135. The number of carbonyl (C=O) groups excluding carboxylic acids is 5.